The number of methoxy groups -OCH3 is 1. The Balaban J connectivity index is 3.16. The van der Waals surface area contributed by atoms with Crippen molar-refractivity contribution in [3.8, 4) is 5.75 Å². The lowest BCUT2D eigenvalue weighted by molar-refractivity contribution is 0.0693. The third kappa shape index (κ3) is 2.47. The number of hydrogen-bond donors (Lipinski definition) is 2. The van der Waals surface area contributed by atoms with Gasteiger partial charge < -0.3 is 15.2 Å². The molecule has 0 fully saturated rings. The van der Waals surface area contributed by atoms with Crippen LogP contribution in [0.1, 0.15) is 28.9 Å². The number of ether oxygens (including phenoxy) is 1. The minimum absolute atomic E-state index is 0.119. The van der Waals surface area contributed by atoms with Gasteiger partial charge in [-0.05, 0) is 31.7 Å². The summed E-state index contributed by atoms with van der Waals surface area (Å²) >= 11 is 0. The largest absolute Gasteiger partial charge is 0.496 e. The fraction of sp³-hybridized carbons (Fsp3) is 0.364. The van der Waals surface area contributed by atoms with Gasteiger partial charge in [-0.3, -0.25) is 0 Å². The average Bonchev–Trinajstić information content (AvgIpc) is 2.27. The molecule has 15 heavy (non-hydrogen) atoms. The maximum atomic E-state index is 10.9. The predicted molar refractivity (Wildman–Crippen MR) is 57.4 cm³/mol. The molecule has 0 amide bonds. The average molecular weight is 209 g/mol. The van der Waals surface area contributed by atoms with Crippen LogP contribution in [0.25, 0.3) is 0 Å². The van der Waals surface area contributed by atoms with E-state index >= 15 is 0 Å². The molecule has 0 saturated heterocycles. The number of benzene rings is 1. The summed E-state index contributed by atoms with van der Waals surface area (Å²) < 4.78 is 4.97. The summed E-state index contributed by atoms with van der Waals surface area (Å²) in [5, 5.41) is 12.0. The Bertz CT molecular complexity index is 363. The van der Waals surface area contributed by atoms with Crippen molar-refractivity contribution in [1.29, 1.82) is 0 Å². The Morgan fingerprint density at radius 2 is 2.20 bits per heavy atom. The van der Waals surface area contributed by atoms with Gasteiger partial charge in [0.2, 0.25) is 0 Å². The SMILES string of the molecule is CNC(C)c1ccc(OC)c(C(=O)O)c1. The molecule has 0 aromatic heterocycles. The van der Waals surface area contributed by atoms with E-state index < -0.39 is 5.97 Å². The van der Waals surface area contributed by atoms with Gasteiger partial charge >= 0.3 is 5.97 Å². The van der Waals surface area contributed by atoms with E-state index in [1.54, 1.807) is 12.1 Å². The summed E-state index contributed by atoms with van der Waals surface area (Å²) in [7, 11) is 3.29. The molecule has 0 heterocycles. The fourth-order valence-electron chi connectivity index (χ4n) is 1.33. The molecule has 2 N–H and O–H groups in total. The lowest BCUT2D eigenvalue weighted by Gasteiger charge is -2.12. The highest BCUT2D eigenvalue weighted by Crippen LogP contribution is 2.23. The van der Waals surface area contributed by atoms with E-state index in [4.69, 9.17) is 9.84 Å². The van der Waals surface area contributed by atoms with Crippen LogP contribution < -0.4 is 10.1 Å². The van der Waals surface area contributed by atoms with Gasteiger partial charge in [-0.25, -0.2) is 4.79 Å². The number of carboxylic acid groups (broad SMARTS) is 1. The van der Waals surface area contributed by atoms with Crippen LogP contribution >= 0.6 is 0 Å². The van der Waals surface area contributed by atoms with Crippen molar-refractivity contribution in [3.05, 3.63) is 29.3 Å². The highest BCUT2D eigenvalue weighted by atomic mass is 16.5. The van der Waals surface area contributed by atoms with Gasteiger partial charge in [0.25, 0.3) is 0 Å². The summed E-state index contributed by atoms with van der Waals surface area (Å²) in [4.78, 5) is 10.9. The maximum absolute atomic E-state index is 10.9. The van der Waals surface area contributed by atoms with E-state index in [-0.39, 0.29) is 11.6 Å². The van der Waals surface area contributed by atoms with Gasteiger partial charge in [-0.15, -0.1) is 0 Å². The zero-order valence-corrected chi connectivity index (χ0v) is 9.07. The Kier molecular flexibility index (Phi) is 3.68. The second-order valence-corrected chi connectivity index (χ2v) is 3.28. The van der Waals surface area contributed by atoms with Crippen LogP contribution in [-0.2, 0) is 0 Å². The van der Waals surface area contributed by atoms with Gasteiger partial charge in [-0.2, -0.15) is 0 Å². The molecule has 4 nitrogen and oxygen atoms in total. The molecular weight excluding hydrogens is 194 g/mol. The van der Waals surface area contributed by atoms with Crippen LogP contribution in [0.3, 0.4) is 0 Å². The van der Waals surface area contributed by atoms with Crippen LogP contribution in [0.5, 0.6) is 5.75 Å². The first kappa shape index (κ1) is 11.5. The van der Waals surface area contributed by atoms with Gasteiger partial charge in [0.1, 0.15) is 11.3 Å². The highest BCUT2D eigenvalue weighted by molar-refractivity contribution is 5.91. The molecule has 82 valence electrons. The molecule has 1 aromatic carbocycles. The van der Waals surface area contributed by atoms with E-state index in [2.05, 4.69) is 5.32 Å². The minimum Gasteiger partial charge on any atom is -0.496 e. The highest BCUT2D eigenvalue weighted by Gasteiger charge is 2.13. The zero-order valence-electron chi connectivity index (χ0n) is 9.07. The monoisotopic (exact) mass is 209 g/mol. The first-order chi connectivity index (χ1) is 7.10. The van der Waals surface area contributed by atoms with Crippen molar-refractivity contribution in [1.82, 2.24) is 5.32 Å². The van der Waals surface area contributed by atoms with Gasteiger partial charge in [-0.1, -0.05) is 6.07 Å². The summed E-state index contributed by atoms with van der Waals surface area (Å²) in [6, 6.07) is 5.27. The zero-order chi connectivity index (χ0) is 11.4. The number of carbonyl (C=O) groups is 1. The molecule has 0 aliphatic heterocycles. The molecule has 1 rings (SSSR count). The van der Waals surface area contributed by atoms with Crippen LogP contribution in [0, 0.1) is 0 Å². The first-order valence-electron chi connectivity index (χ1n) is 4.68. The number of aromatic carboxylic acids is 1. The molecule has 0 bridgehead atoms. The summed E-state index contributed by atoms with van der Waals surface area (Å²) in [6.07, 6.45) is 0. The molecule has 1 unspecified atom stereocenters. The van der Waals surface area contributed by atoms with Crippen molar-refractivity contribution in [2.75, 3.05) is 14.2 Å². The third-order valence-electron chi connectivity index (χ3n) is 2.39. The summed E-state index contributed by atoms with van der Waals surface area (Å²) in [5.41, 5.74) is 1.12. The molecule has 0 spiro atoms. The molecular formula is C11H15NO3. The molecule has 0 radical (unpaired) electrons. The predicted octanol–water partition coefficient (Wildman–Crippen LogP) is 1.67. The topological polar surface area (TPSA) is 58.6 Å². The second-order valence-electron chi connectivity index (χ2n) is 3.28. The molecule has 4 heteroatoms. The molecule has 0 aliphatic rings. The van der Waals surface area contributed by atoms with Crippen LogP contribution in [0.4, 0.5) is 0 Å². The Morgan fingerprint density at radius 1 is 1.53 bits per heavy atom. The number of nitrogens with one attached hydrogen (secondary N) is 1. The Labute approximate surface area is 88.9 Å². The lowest BCUT2D eigenvalue weighted by Crippen LogP contribution is -2.13. The van der Waals surface area contributed by atoms with Gasteiger partial charge in [0, 0.05) is 6.04 Å². The fourth-order valence-corrected chi connectivity index (χ4v) is 1.33. The smallest absolute Gasteiger partial charge is 0.339 e. The number of hydrogen-bond acceptors (Lipinski definition) is 3. The van der Waals surface area contributed by atoms with Crippen molar-refractivity contribution >= 4 is 5.97 Å². The van der Waals surface area contributed by atoms with E-state index in [1.165, 1.54) is 7.11 Å². The van der Waals surface area contributed by atoms with Crippen molar-refractivity contribution in [2.45, 2.75) is 13.0 Å². The van der Waals surface area contributed by atoms with E-state index in [0.29, 0.717) is 5.75 Å². The second kappa shape index (κ2) is 4.79. The summed E-state index contributed by atoms with van der Waals surface area (Å²) in [5.74, 6) is -0.591. The van der Waals surface area contributed by atoms with Crippen molar-refractivity contribution < 1.29 is 14.6 Å². The number of rotatable bonds is 4. The van der Waals surface area contributed by atoms with Crippen molar-refractivity contribution in [3.63, 3.8) is 0 Å². The van der Waals surface area contributed by atoms with E-state index in [9.17, 15) is 4.79 Å². The molecule has 1 atom stereocenters. The third-order valence-corrected chi connectivity index (χ3v) is 2.39. The molecule has 1 aromatic rings. The van der Waals surface area contributed by atoms with Crippen LogP contribution in [-0.4, -0.2) is 25.2 Å². The number of carboxylic acids is 1. The van der Waals surface area contributed by atoms with E-state index in [0.717, 1.165) is 5.56 Å². The van der Waals surface area contributed by atoms with Crippen LogP contribution in [0.2, 0.25) is 0 Å². The standard InChI is InChI=1S/C11H15NO3/c1-7(12-2)8-4-5-10(15-3)9(6-8)11(13)14/h4-7,12H,1-3H3,(H,13,14). The first-order valence-corrected chi connectivity index (χ1v) is 4.68. The Hall–Kier alpha value is -1.55. The normalized spacial score (nSPS) is 12.2. The Morgan fingerprint density at radius 3 is 2.67 bits per heavy atom. The minimum atomic E-state index is -0.975. The maximum Gasteiger partial charge on any atom is 0.339 e. The molecule has 0 aliphatic carbocycles. The van der Waals surface area contributed by atoms with Crippen LogP contribution in [0.15, 0.2) is 18.2 Å². The lowest BCUT2D eigenvalue weighted by atomic mass is 10.0. The van der Waals surface area contributed by atoms with Crippen molar-refractivity contribution in [2.24, 2.45) is 0 Å². The molecule has 0 saturated carbocycles. The summed E-state index contributed by atoms with van der Waals surface area (Å²) in [6.45, 7) is 1.97. The van der Waals surface area contributed by atoms with Gasteiger partial charge in [0.15, 0.2) is 0 Å². The van der Waals surface area contributed by atoms with E-state index in [1.807, 2.05) is 20.0 Å². The van der Waals surface area contributed by atoms with Gasteiger partial charge in [0.05, 0.1) is 7.11 Å². The quantitative estimate of drug-likeness (QED) is 0.792.